The molecule has 2 nitrogen and oxygen atoms in total. The summed E-state index contributed by atoms with van der Waals surface area (Å²) in [6, 6.07) is 78.8. The van der Waals surface area contributed by atoms with Crippen LogP contribution in [0.25, 0.3) is 46.6 Å². The summed E-state index contributed by atoms with van der Waals surface area (Å²) in [5.74, 6) is 0. The molecule has 310 valence electrons. The largest absolute Gasteiger partial charge is 0.310 e. The van der Waals surface area contributed by atoms with Gasteiger partial charge in [0.05, 0.1) is 0 Å². The second kappa shape index (κ2) is 19.0. The molecule has 0 amide bonds. The number of anilines is 6. The second-order valence-electron chi connectivity index (χ2n) is 16.7. The van der Waals surface area contributed by atoms with Gasteiger partial charge < -0.3 is 9.80 Å². The molecule has 0 N–H and O–H groups in total. The molecule has 0 spiro atoms. The Morgan fingerprint density at radius 1 is 0.250 bits per heavy atom. The lowest BCUT2D eigenvalue weighted by molar-refractivity contribution is 1.27. The summed E-state index contributed by atoms with van der Waals surface area (Å²) in [7, 11) is 0. The molecule has 0 bridgehead atoms. The van der Waals surface area contributed by atoms with Crippen molar-refractivity contribution in [1.29, 1.82) is 0 Å². The van der Waals surface area contributed by atoms with E-state index in [0.717, 1.165) is 56.4 Å². The number of hydrogen-bond acceptors (Lipinski definition) is 2. The number of hydrogen-bond donors (Lipinski definition) is 0. The van der Waals surface area contributed by atoms with Gasteiger partial charge >= 0.3 is 0 Å². The smallest absolute Gasteiger partial charge is 0.0464 e. The third kappa shape index (κ3) is 9.73. The molecule has 0 aromatic heterocycles. The van der Waals surface area contributed by atoms with Gasteiger partial charge in [-0.3, -0.25) is 0 Å². The summed E-state index contributed by atoms with van der Waals surface area (Å²) in [5.41, 5.74) is 21.2. The zero-order valence-corrected chi connectivity index (χ0v) is 37.0. The van der Waals surface area contributed by atoms with Gasteiger partial charge in [-0.2, -0.15) is 0 Å². The van der Waals surface area contributed by atoms with Gasteiger partial charge in [0.2, 0.25) is 0 Å². The highest BCUT2D eigenvalue weighted by Gasteiger charge is 2.15. The Bertz CT molecular complexity index is 2850. The molecule has 0 aliphatic carbocycles. The first-order valence-electron chi connectivity index (χ1n) is 22.1. The molecule has 0 fully saturated rings. The van der Waals surface area contributed by atoms with E-state index in [1.54, 1.807) is 0 Å². The number of rotatable bonds is 12. The first-order valence-corrected chi connectivity index (χ1v) is 22.1. The van der Waals surface area contributed by atoms with E-state index >= 15 is 0 Å². The maximum Gasteiger partial charge on any atom is 0.0464 e. The van der Waals surface area contributed by atoms with Crippen LogP contribution in [0.5, 0.6) is 0 Å². The fourth-order valence-electron chi connectivity index (χ4n) is 8.34. The molecule has 0 saturated heterocycles. The SMILES string of the molecule is Cc1cccc(-c2ccc(N(c3ccc(/C=C/c4ccccc4/C=C/c4ccc(N(c5ccc(-c6cccc(C)c6)cc5)c5cccc(C)c5)cc4)cc3)c3cccc(C)c3)cc2)c1. The van der Waals surface area contributed by atoms with E-state index in [-0.39, 0.29) is 0 Å². The zero-order chi connectivity index (χ0) is 43.8. The molecule has 0 aliphatic heterocycles. The van der Waals surface area contributed by atoms with Crippen LogP contribution in [0.1, 0.15) is 44.5 Å². The van der Waals surface area contributed by atoms with E-state index in [1.807, 2.05) is 0 Å². The maximum atomic E-state index is 2.33. The van der Waals surface area contributed by atoms with Gasteiger partial charge in [0.15, 0.2) is 0 Å². The van der Waals surface area contributed by atoms with Crippen LogP contribution < -0.4 is 9.80 Å². The Hall–Kier alpha value is -7.94. The van der Waals surface area contributed by atoms with Gasteiger partial charge in [-0.15, -0.1) is 0 Å². The Balaban J connectivity index is 0.929. The second-order valence-corrected chi connectivity index (χ2v) is 16.7. The van der Waals surface area contributed by atoms with Crippen LogP contribution in [0.4, 0.5) is 34.1 Å². The Morgan fingerprint density at radius 2 is 0.578 bits per heavy atom. The van der Waals surface area contributed by atoms with Crippen molar-refractivity contribution in [2.45, 2.75) is 27.7 Å². The molecule has 9 aromatic carbocycles. The number of aryl methyl sites for hydroxylation is 4. The summed E-state index contributed by atoms with van der Waals surface area (Å²) in [4.78, 5) is 4.66. The average Bonchev–Trinajstić information content (AvgIpc) is 3.32. The van der Waals surface area contributed by atoms with Crippen molar-refractivity contribution in [3.63, 3.8) is 0 Å². The van der Waals surface area contributed by atoms with Crippen LogP contribution in [-0.2, 0) is 0 Å². The van der Waals surface area contributed by atoms with E-state index in [0.29, 0.717) is 0 Å². The number of benzene rings is 9. The summed E-state index contributed by atoms with van der Waals surface area (Å²) < 4.78 is 0. The molecule has 9 aromatic rings. The Kier molecular flexibility index (Phi) is 12.3. The van der Waals surface area contributed by atoms with Gasteiger partial charge in [-0.25, -0.2) is 0 Å². The molecule has 0 unspecified atom stereocenters. The molecular formula is C62H52N2. The van der Waals surface area contributed by atoms with Crippen molar-refractivity contribution in [2.24, 2.45) is 0 Å². The molecule has 9 rings (SSSR count). The highest BCUT2D eigenvalue weighted by Crippen LogP contribution is 2.38. The van der Waals surface area contributed by atoms with Gasteiger partial charge in [0.25, 0.3) is 0 Å². The van der Waals surface area contributed by atoms with Crippen LogP contribution in [0.15, 0.2) is 218 Å². The zero-order valence-electron chi connectivity index (χ0n) is 37.0. The summed E-state index contributed by atoms with van der Waals surface area (Å²) in [5, 5.41) is 0. The molecule has 0 atom stereocenters. The normalized spacial score (nSPS) is 11.3. The first-order chi connectivity index (χ1) is 31.3. The van der Waals surface area contributed by atoms with Crippen LogP contribution in [0.3, 0.4) is 0 Å². The van der Waals surface area contributed by atoms with Crippen molar-refractivity contribution >= 4 is 58.4 Å². The summed E-state index contributed by atoms with van der Waals surface area (Å²) in [6.45, 7) is 8.57. The highest BCUT2D eigenvalue weighted by molar-refractivity contribution is 5.83. The predicted molar refractivity (Wildman–Crippen MR) is 276 cm³/mol. The summed E-state index contributed by atoms with van der Waals surface area (Å²) >= 11 is 0. The average molecular weight is 825 g/mol. The molecule has 64 heavy (non-hydrogen) atoms. The van der Waals surface area contributed by atoms with E-state index in [2.05, 4.69) is 280 Å². The molecular weight excluding hydrogens is 773 g/mol. The first kappa shape index (κ1) is 41.4. The van der Waals surface area contributed by atoms with Crippen molar-refractivity contribution in [1.82, 2.24) is 0 Å². The van der Waals surface area contributed by atoms with Crippen molar-refractivity contribution in [3.8, 4) is 22.3 Å². The van der Waals surface area contributed by atoms with E-state index in [4.69, 9.17) is 0 Å². The summed E-state index contributed by atoms with van der Waals surface area (Å²) in [6.07, 6.45) is 8.83. The highest BCUT2D eigenvalue weighted by atomic mass is 15.1. The minimum Gasteiger partial charge on any atom is -0.310 e. The van der Waals surface area contributed by atoms with Gasteiger partial charge in [0.1, 0.15) is 0 Å². The fourth-order valence-corrected chi connectivity index (χ4v) is 8.34. The fraction of sp³-hybridized carbons (Fsp3) is 0.0645. The van der Waals surface area contributed by atoms with Crippen molar-refractivity contribution in [3.05, 3.63) is 263 Å². The molecule has 0 aliphatic rings. The van der Waals surface area contributed by atoms with Crippen molar-refractivity contribution in [2.75, 3.05) is 9.80 Å². The van der Waals surface area contributed by atoms with Crippen LogP contribution >= 0.6 is 0 Å². The molecule has 0 radical (unpaired) electrons. The third-order valence-electron chi connectivity index (χ3n) is 11.7. The molecule has 2 heteroatoms. The lowest BCUT2D eigenvalue weighted by Gasteiger charge is -2.26. The third-order valence-corrected chi connectivity index (χ3v) is 11.7. The van der Waals surface area contributed by atoms with E-state index < -0.39 is 0 Å². The van der Waals surface area contributed by atoms with Gasteiger partial charge in [-0.05, 0) is 156 Å². The predicted octanol–water partition coefficient (Wildman–Crippen LogP) is 17.5. The van der Waals surface area contributed by atoms with E-state index in [9.17, 15) is 0 Å². The minimum atomic E-state index is 1.11. The minimum absolute atomic E-state index is 1.11. The van der Waals surface area contributed by atoms with Crippen LogP contribution in [0.2, 0.25) is 0 Å². The topological polar surface area (TPSA) is 6.48 Å². The number of nitrogens with zero attached hydrogens (tertiary/aromatic N) is 2. The lowest BCUT2D eigenvalue weighted by atomic mass is 10.0. The van der Waals surface area contributed by atoms with Crippen molar-refractivity contribution < 1.29 is 0 Å². The molecule has 0 heterocycles. The molecule has 0 saturated carbocycles. The standard InChI is InChI=1S/C62H52N2/c1-45-11-7-17-55(41-45)53-29-37-59(38-30-53)63(61-19-9-13-47(3)43-61)57-33-23-49(24-34-57)21-27-51-15-5-6-16-52(51)28-22-50-25-35-58(36-26-50)64(62-20-10-14-48(4)44-62)60-39-31-54(32-40-60)56-18-8-12-46(2)42-56/h5-44H,1-4H3/b27-21+,28-22+. The van der Waals surface area contributed by atoms with Gasteiger partial charge in [-0.1, -0.05) is 181 Å². The van der Waals surface area contributed by atoms with Gasteiger partial charge in [0, 0.05) is 34.1 Å². The quantitative estimate of drug-likeness (QED) is 0.113. The van der Waals surface area contributed by atoms with Crippen LogP contribution in [-0.4, -0.2) is 0 Å². The Morgan fingerprint density at radius 3 is 0.922 bits per heavy atom. The monoisotopic (exact) mass is 824 g/mol. The van der Waals surface area contributed by atoms with E-state index in [1.165, 1.54) is 44.5 Å². The Labute approximate surface area is 379 Å². The van der Waals surface area contributed by atoms with Crippen LogP contribution in [0, 0.1) is 27.7 Å². The maximum absolute atomic E-state index is 2.33. The lowest BCUT2D eigenvalue weighted by Crippen LogP contribution is -2.10.